The molecule has 11 atom stereocenters. The van der Waals surface area contributed by atoms with Gasteiger partial charge in [-0.05, 0) is 70.6 Å². The molecular formula is C53H94O15. The lowest BCUT2D eigenvalue weighted by Gasteiger charge is -2.42. The number of allylic oxidation sites excluding steroid dienone is 6. The van der Waals surface area contributed by atoms with Crippen LogP contribution in [0.15, 0.2) is 36.5 Å². The number of carbonyl (C=O) groups is 2. The van der Waals surface area contributed by atoms with E-state index >= 15 is 0 Å². The van der Waals surface area contributed by atoms with Gasteiger partial charge in [0.2, 0.25) is 0 Å². The average molecular weight is 971 g/mol. The summed E-state index contributed by atoms with van der Waals surface area (Å²) in [5.41, 5.74) is 0. The summed E-state index contributed by atoms with van der Waals surface area (Å²) in [6.07, 6.45) is 25.9. The molecule has 2 saturated heterocycles. The van der Waals surface area contributed by atoms with Crippen molar-refractivity contribution >= 4 is 11.9 Å². The number of hydrogen-bond acceptors (Lipinski definition) is 15. The van der Waals surface area contributed by atoms with Crippen LogP contribution in [-0.4, -0.2) is 142 Å². The van der Waals surface area contributed by atoms with E-state index in [1.807, 2.05) is 0 Å². The summed E-state index contributed by atoms with van der Waals surface area (Å²) in [7, 11) is 0. The Bertz CT molecular complexity index is 1330. The largest absolute Gasteiger partial charge is 0.462 e. The zero-order valence-electron chi connectivity index (χ0n) is 41.8. The molecule has 0 aromatic heterocycles. The fraction of sp³-hybridized carbons (Fsp3) is 0.849. The molecule has 15 heteroatoms. The Balaban J connectivity index is 1.80. The van der Waals surface area contributed by atoms with Crippen molar-refractivity contribution in [2.24, 2.45) is 0 Å². The van der Waals surface area contributed by atoms with Crippen molar-refractivity contribution in [3.63, 3.8) is 0 Å². The predicted octanol–water partition coefficient (Wildman–Crippen LogP) is 7.71. The van der Waals surface area contributed by atoms with Crippen LogP contribution < -0.4 is 0 Å². The first kappa shape index (κ1) is 61.8. The van der Waals surface area contributed by atoms with Crippen LogP contribution in [0.4, 0.5) is 0 Å². The molecule has 0 aliphatic carbocycles. The molecule has 2 aliphatic heterocycles. The van der Waals surface area contributed by atoms with Gasteiger partial charge < -0.3 is 64.2 Å². The number of hydrogen-bond donors (Lipinski definition) is 7. The standard InChI is InChI=1S/C53H94O15/c1-3-5-7-9-11-13-15-17-19-20-22-24-26-28-30-32-34-36-45(56)66-41(38-63-44(55)35-33-31-29-27-25-23-21-18-16-14-12-10-8-6-4-2)39-64-52-51(62)49(60)47(58)43(68-52)40-65-53-50(61)48(59)46(57)42(37-54)67-53/h11,13-14,16-17,19,41-43,46-54,57-62H,3-10,12,15,18,20-40H2,1-2H3/b13-11+,16-14+,19-17+/t41-,42+,43+,46-,47-,48?,49?,50?,51?,52+,53+/m1/s1. The van der Waals surface area contributed by atoms with Crippen LogP contribution in [0.3, 0.4) is 0 Å². The molecule has 7 N–H and O–H groups in total. The molecule has 0 aromatic carbocycles. The Hall–Kier alpha value is -2.28. The van der Waals surface area contributed by atoms with E-state index in [1.165, 1.54) is 77.0 Å². The van der Waals surface area contributed by atoms with Crippen molar-refractivity contribution < 1.29 is 73.8 Å². The van der Waals surface area contributed by atoms with E-state index in [9.17, 15) is 45.3 Å². The van der Waals surface area contributed by atoms with E-state index in [4.69, 9.17) is 28.4 Å². The number of ether oxygens (including phenoxy) is 6. The van der Waals surface area contributed by atoms with Gasteiger partial charge in [-0.15, -0.1) is 0 Å². The number of esters is 2. The molecule has 0 bridgehead atoms. The molecule has 0 spiro atoms. The van der Waals surface area contributed by atoms with Gasteiger partial charge in [0.15, 0.2) is 18.7 Å². The maximum Gasteiger partial charge on any atom is 0.306 e. The van der Waals surface area contributed by atoms with Crippen molar-refractivity contribution in [2.75, 3.05) is 26.4 Å². The molecule has 0 radical (unpaired) electrons. The predicted molar refractivity (Wildman–Crippen MR) is 261 cm³/mol. The highest BCUT2D eigenvalue weighted by atomic mass is 16.7. The molecule has 2 rings (SSSR count). The molecule has 0 saturated carbocycles. The molecular weight excluding hydrogens is 877 g/mol. The first-order chi connectivity index (χ1) is 33.0. The van der Waals surface area contributed by atoms with Crippen molar-refractivity contribution in [1.29, 1.82) is 0 Å². The monoisotopic (exact) mass is 971 g/mol. The minimum Gasteiger partial charge on any atom is -0.462 e. The quantitative estimate of drug-likeness (QED) is 0.0177. The molecule has 2 fully saturated rings. The maximum atomic E-state index is 13.0. The minimum atomic E-state index is -1.77. The highest BCUT2D eigenvalue weighted by molar-refractivity contribution is 5.70. The van der Waals surface area contributed by atoms with Crippen molar-refractivity contribution in [1.82, 2.24) is 0 Å². The van der Waals surface area contributed by atoms with E-state index in [0.717, 1.165) is 77.0 Å². The SMILES string of the molecule is CCCCC/C=C/C/C=C/CCCCCCCCCC(=O)O[C@H](COC(=O)CCCCCCCCC/C=C/CCCCCC)CO[C@H]1O[C@@H](CO[C@H]2O[C@@H](CO)[C@@H](O)C(O)C2O)[C@@H](O)C(O)C1O. The lowest BCUT2D eigenvalue weighted by atomic mass is 9.98. The highest BCUT2D eigenvalue weighted by Gasteiger charge is 2.47. The summed E-state index contributed by atoms with van der Waals surface area (Å²) >= 11 is 0. The molecule has 15 nitrogen and oxygen atoms in total. The van der Waals surface area contributed by atoms with Crippen LogP contribution in [0, 0.1) is 0 Å². The number of carbonyl (C=O) groups excluding carboxylic acids is 2. The summed E-state index contributed by atoms with van der Waals surface area (Å²) in [5, 5.41) is 72.1. The Morgan fingerprint density at radius 1 is 0.471 bits per heavy atom. The second-order valence-electron chi connectivity index (χ2n) is 18.7. The van der Waals surface area contributed by atoms with Gasteiger partial charge in [-0.3, -0.25) is 9.59 Å². The Kier molecular flexibility index (Phi) is 36.7. The first-order valence-corrected chi connectivity index (χ1v) is 26.6. The summed E-state index contributed by atoms with van der Waals surface area (Å²) < 4.78 is 33.6. The minimum absolute atomic E-state index is 0.156. The lowest BCUT2D eigenvalue weighted by Crippen LogP contribution is -2.61. The first-order valence-electron chi connectivity index (χ1n) is 26.6. The van der Waals surface area contributed by atoms with Crippen LogP contribution >= 0.6 is 0 Å². The average Bonchev–Trinajstić information content (AvgIpc) is 3.33. The van der Waals surface area contributed by atoms with Crippen LogP contribution in [0.5, 0.6) is 0 Å². The zero-order chi connectivity index (χ0) is 49.6. The number of unbranched alkanes of at least 4 members (excludes halogenated alkanes) is 21. The Morgan fingerprint density at radius 3 is 1.41 bits per heavy atom. The fourth-order valence-electron chi connectivity index (χ4n) is 8.18. The third-order valence-corrected chi connectivity index (χ3v) is 12.6. The normalized spacial score (nSPS) is 26.0. The number of rotatable bonds is 41. The van der Waals surface area contributed by atoms with Crippen molar-refractivity contribution in [3.8, 4) is 0 Å². The summed E-state index contributed by atoms with van der Waals surface area (Å²) in [4.78, 5) is 25.8. The van der Waals surface area contributed by atoms with Gasteiger partial charge in [0.05, 0.1) is 19.8 Å². The number of aliphatic hydroxyl groups excluding tert-OH is 7. The third-order valence-electron chi connectivity index (χ3n) is 12.6. The molecule has 2 heterocycles. The van der Waals surface area contributed by atoms with E-state index in [1.54, 1.807) is 0 Å². The van der Waals surface area contributed by atoms with Crippen LogP contribution in [-0.2, 0) is 38.0 Å². The molecule has 0 aromatic rings. The Labute approximate surface area is 408 Å². The lowest BCUT2D eigenvalue weighted by molar-refractivity contribution is -0.332. The summed E-state index contributed by atoms with van der Waals surface area (Å²) in [6.45, 7) is 2.55. The topological polar surface area (TPSA) is 231 Å². The maximum absolute atomic E-state index is 13.0. The van der Waals surface area contributed by atoms with Crippen molar-refractivity contribution in [3.05, 3.63) is 36.5 Å². The second kappa shape index (κ2) is 40.3. The van der Waals surface area contributed by atoms with Gasteiger partial charge in [0.1, 0.15) is 55.4 Å². The van der Waals surface area contributed by atoms with Gasteiger partial charge in [0.25, 0.3) is 0 Å². The van der Waals surface area contributed by atoms with E-state index in [0.29, 0.717) is 12.8 Å². The molecule has 0 amide bonds. The van der Waals surface area contributed by atoms with Gasteiger partial charge >= 0.3 is 11.9 Å². The van der Waals surface area contributed by atoms with E-state index in [2.05, 4.69) is 50.3 Å². The molecule has 68 heavy (non-hydrogen) atoms. The van der Waals surface area contributed by atoms with Crippen molar-refractivity contribution in [2.45, 2.75) is 261 Å². The third kappa shape index (κ3) is 27.9. The molecule has 2 aliphatic rings. The fourth-order valence-corrected chi connectivity index (χ4v) is 8.18. The Morgan fingerprint density at radius 2 is 0.882 bits per heavy atom. The van der Waals surface area contributed by atoms with Gasteiger partial charge in [-0.2, -0.15) is 0 Å². The second-order valence-corrected chi connectivity index (χ2v) is 18.7. The van der Waals surface area contributed by atoms with Gasteiger partial charge in [-0.25, -0.2) is 0 Å². The number of aliphatic hydroxyl groups is 7. The van der Waals surface area contributed by atoms with Crippen LogP contribution in [0.25, 0.3) is 0 Å². The van der Waals surface area contributed by atoms with Gasteiger partial charge in [0, 0.05) is 12.8 Å². The zero-order valence-corrected chi connectivity index (χ0v) is 41.8. The van der Waals surface area contributed by atoms with Crippen LogP contribution in [0.1, 0.15) is 194 Å². The summed E-state index contributed by atoms with van der Waals surface area (Å²) in [5.74, 6) is -0.936. The van der Waals surface area contributed by atoms with Gasteiger partial charge in [-0.1, -0.05) is 147 Å². The highest BCUT2D eigenvalue weighted by Crippen LogP contribution is 2.26. The molecule has 396 valence electrons. The van der Waals surface area contributed by atoms with E-state index < -0.39 is 92.7 Å². The van der Waals surface area contributed by atoms with E-state index in [-0.39, 0.29) is 26.1 Å². The smallest absolute Gasteiger partial charge is 0.306 e. The van der Waals surface area contributed by atoms with Crippen LogP contribution in [0.2, 0.25) is 0 Å². The summed E-state index contributed by atoms with van der Waals surface area (Å²) in [6, 6.07) is 0. The molecule has 4 unspecified atom stereocenters.